The first-order chi connectivity index (χ1) is 13.3. The Morgan fingerprint density at radius 3 is 2.39 bits per heavy atom. The van der Waals surface area contributed by atoms with E-state index in [-0.39, 0.29) is 23.6 Å². The molecule has 0 radical (unpaired) electrons. The second-order valence-corrected chi connectivity index (χ2v) is 8.05. The molecule has 0 bridgehead atoms. The van der Waals surface area contributed by atoms with Gasteiger partial charge in [-0.3, -0.25) is 14.4 Å². The van der Waals surface area contributed by atoms with Crippen molar-refractivity contribution in [2.75, 3.05) is 19.6 Å². The third kappa shape index (κ3) is 5.96. The van der Waals surface area contributed by atoms with Crippen molar-refractivity contribution in [3.63, 3.8) is 0 Å². The van der Waals surface area contributed by atoms with E-state index in [0.29, 0.717) is 55.4 Å². The minimum absolute atomic E-state index is 0.0282. The van der Waals surface area contributed by atoms with E-state index in [2.05, 4.69) is 10.6 Å². The Bertz CT molecular complexity index is 700. The van der Waals surface area contributed by atoms with Crippen molar-refractivity contribution >= 4 is 29.3 Å². The highest BCUT2D eigenvalue weighted by Gasteiger charge is 2.34. The van der Waals surface area contributed by atoms with Crippen molar-refractivity contribution < 1.29 is 14.4 Å². The summed E-state index contributed by atoms with van der Waals surface area (Å²) in [5.74, 6) is -0.136. The number of amides is 3. The van der Waals surface area contributed by atoms with Crippen LogP contribution in [-0.4, -0.2) is 48.3 Å². The summed E-state index contributed by atoms with van der Waals surface area (Å²) in [6.07, 6.45) is 1.83. The van der Waals surface area contributed by atoms with Gasteiger partial charge in [-0.05, 0) is 36.8 Å². The molecule has 1 saturated heterocycles. The fourth-order valence-corrected chi connectivity index (χ4v) is 3.60. The molecule has 3 amide bonds. The summed E-state index contributed by atoms with van der Waals surface area (Å²) in [7, 11) is 0. The minimum atomic E-state index is -0.651. The lowest BCUT2D eigenvalue weighted by Gasteiger charge is -2.36. The molecule has 1 atom stereocenters. The molecule has 2 N–H and O–H groups in total. The van der Waals surface area contributed by atoms with Gasteiger partial charge in [0.05, 0.1) is 10.6 Å². The fourth-order valence-electron chi connectivity index (χ4n) is 3.38. The van der Waals surface area contributed by atoms with Crippen LogP contribution in [0.4, 0.5) is 0 Å². The van der Waals surface area contributed by atoms with Gasteiger partial charge in [0.15, 0.2) is 0 Å². The van der Waals surface area contributed by atoms with Gasteiger partial charge in [0.25, 0.3) is 5.91 Å². The van der Waals surface area contributed by atoms with Gasteiger partial charge < -0.3 is 15.5 Å². The van der Waals surface area contributed by atoms with Gasteiger partial charge in [-0.25, -0.2) is 0 Å². The Kier molecular flexibility index (Phi) is 8.30. The second-order valence-electron chi connectivity index (χ2n) is 7.64. The topological polar surface area (TPSA) is 78.5 Å². The first-order valence-corrected chi connectivity index (χ1v) is 10.3. The Morgan fingerprint density at radius 2 is 1.82 bits per heavy atom. The van der Waals surface area contributed by atoms with Crippen LogP contribution in [0.3, 0.4) is 0 Å². The summed E-state index contributed by atoms with van der Waals surface area (Å²) in [4.78, 5) is 39.3. The third-order valence-electron chi connectivity index (χ3n) is 5.04. The number of likely N-dealkylation sites (tertiary alicyclic amines) is 1. The highest BCUT2D eigenvalue weighted by atomic mass is 35.5. The largest absolute Gasteiger partial charge is 0.354 e. The van der Waals surface area contributed by atoms with Crippen LogP contribution in [0.25, 0.3) is 0 Å². The maximum absolute atomic E-state index is 12.8. The molecule has 0 spiro atoms. The molecule has 0 unspecified atom stereocenters. The highest BCUT2D eigenvalue weighted by molar-refractivity contribution is 6.33. The molecule has 1 aliphatic heterocycles. The zero-order valence-corrected chi connectivity index (χ0v) is 17.6. The van der Waals surface area contributed by atoms with Crippen LogP contribution in [0, 0.1) is 11.8 Å². The molecule has 6 nitrogen and oxygen atoms in total. The van der Waals surface area contributed by atoms with Crippen LogP contribution >= 0.6 is 11.6 Å². The predicted molar refractivity (Wildman–Crippen MR) is 110 cm³/mol. The van der Waals surface area contributed by atoms with Crippen molar-refractivity contribution in [3.05, 3.63) is 34.9 Å². The van der Waals surface area contributed by atoms with E-state index in [1.807, 2.05) is 25.7 Å². The van der Waals surface area contributed by atoms with Crippen molar-refractivity contribution in [2.45, 2.75) is 46.1 Å². The van der Waals surface area contributed by atoms with Gasteiger partial charge >= 0.3 is 0 Å². The summed E-state index contributed by atoms with van der Waals surface area (Å²) in [6.45, 7) is 7.64. The molecule has 0 aromatic heterocycles. The molecule has 1 aromatic carbocycles. The normalized spacial score (nSPS) is 16.0. The Hall–Kier alpha value is -2.08. The summed E-state index contributed by atoms with van der Waals surface area (Å²) in [5, 5.41) is 6.17. The number of halogens is 1. The van der Waals surface area contributed by atoms with Gasteiger partial charge in [0, 0.05) is 26.1 Å². The zero-order valence-electron chi connectivity index (χ0n) is 16.8. The monoisotopic (exact) mass is 407 g/mol. The lowest BCUT2D eigenvalue weighted by atomic mass is 9.88. The minimum Gasteiger partial charge on any atom is -0.354 e. The summed E-state index contributed by atoms with van der Waals surface area (Å²) in [6, 6.07) is 6.14. The summed E-state index contributed by atoms with van der Waals surface area (Å²) >= 11 is 6.14. The molecule has 0 aliphatic carbocycles. The van der Waals surface area contributed by atoms with Gasteiger partial charge in [-0.15, -0.1) is 0 Å². The average molecular weight is 408 g/mol. The van der Waals surface area contributed by atoms with Gasteiger partial charge in [0.2, 0.25) is 11.8 Å². The molecule has 1 heterocycles. The van der Waals surface area contributed by atoms with E-state index >= 15 is 0 Å². The Labute approximate surface area is 172 Å². The van der Waals surface area contributed by atoms with Gasteiger partial charge in [-0.2, -0.15) is 0 Å². The van der Waals surface area contributed by atoms with Crippen molar-refractivity contribution in [2.24, 2.45) is 11.8 Å². The molecule has 0 saturated carbocycles. The van der Waals surface area contributed by atoms with E-state index in [1.165, 1.54) is 0 Å². The number of carbonyl (C=O) groups excluding carboxylic acids is 3. The number of piperidine rings is 1. The summed E-state index contributed by atoms with van der Waals surface area (Å²) in [5.41, 5.74) is 0.351. The van der Waals surface area contributed by atoms with Crippen LogP contribution in [0.2, 0.25) is 5.02 Å². The first-order valence-electron chi connectivity index (χ1n) is 9.94. The van der Waals surface area contributed by atoms with Crippen molar-refractivity contribution in [1.29, 1.82) is 0 Å². The van der Waals surface area contributed by atoms with E-state index in [0.717, 1.165) is 0 Å². The zero-order chi connectivity index (χ0) is 20.7. The average Bonchev–Trinajstić information content (AvgIpc) is 2.70. The van der Waals surface area contributed by atoms with Crippen LogP contribution in [0.5, 0.6) is 0 Å². The SMILES string of the molecule is CCC(=O)N1CCC([C@@H](NC(=O)c2ccccc2Cl)C(=O)NCC(C)C)CC1. The second kappa shape index (κ2) is 10.5. The fraction of sp³-hybridized carbons (Fsp3) is 0.571. The Balaban J connectivity index is 2.11. The molecule has 2 rings (SSSR count). The molecule has 1 fully saturated rings. The van der Waals surface area contributed by atoms with E-state index in [4.69, 9.17) is 11.6 Å². The van der Waals surface area contributed by atoms with Gasteiger partial charge in [-0.1, -0.05) is 44.5 Å². The molecule has 1 aromatic rings. The molecule has 1 aliphatic rings. The van der Waals surface area contributed by atoms with Gasteiger partial charge in [0.1, 0.15) is 6.04 Å². The lowest BCUT2D eigenvalue weighted by molar-refractivity contribution is -0.132. The first kappa shape index (κ1) is 22.2. The molecule has 28 heavy (non-hydrogen) atoms. The molecule has 154 valence electrons. The third-order valence-corrected chi connectivity index (χ3v) is 5.37. The molecular formula is C21H30ClN3O3. The quantitative estimate of drug-likeness (QED) is 0.729. The molecular weight excluding hydrogens is 378 g/mol. The van der Waals surface area contributed by atoms with Crippen molar-refractivity contribution in [1.82, 2.24) is 15.5 Å². The van der Waals surface area contributed by atoms with E-state index in [9.17, 15) is 14.4 Å². The predicted octanol–water partition coefficient (Wildman–Crippen LogP) is 2.86. The smallest absolute Gasteiger partial charge is 0.253 e. The van der Waals surface area contributed by atoms with Crippen LogP contribution in [0.1, 0.15) is 50.4 Å². The maximum Gasteiger partial charge on any atom is 0.253 e. The number of hydrogen-bond acceptors (Lipinski definition) is 3. The number of rotatable bonds is 7. The van der Waals surface area contributed by atoms with Crippen LogP contribution in [0.15, 0.2) is 24.3 Å². The van der Waals surface area contributed by atoms with Crippen molar-refractivity contribution in [3.8, 4) is 0 Å². The Morgan fingerprint density at radius 1 is 1.18 bits per heavy atom. The van der Waals surface area contributed by atoms with Crippen LogP contribution < -0.4 is 10.6 Å². The summed E-state index contributed by atoms with van der Waals surface area (Å²) < 4.78 is 0. The lowest BCUT2D eigenvalue weighted by Crippen LogP contribution is -2.54. The number of benzene rings is 1. The number of nitrogens with one attached hydrogen (secondary N) is 2. The number of hydrogen-bond donors (Lipinski definition) is 2. The number of nitrogens with zero attached hydrogens (tertiary/aromatic N) is 1. The van der Waals surface area contributed by atoms with Crippen LogP contribution in [-0.2, 0) is 9.59 Å². The standard InChI is InChI=1S/C21H30ClN3O3/c1-4-18(26)25-11-9-15(10-12-25)19(21(28)23-13-14(2)3)24-20(27)16-7-5-6-8-17(16)22/h5-8,14-15,19H,4,9-13H2,1-3H3,(H,23,28)(H,24,27)/t19-/m1/s1. The van der Waals surface area contributed by atoms with E-state index < -0.39 is 6.04 Å². The molecule has 7 heteroatoms. The van der Waals surface area contributed by atoms with E-state index in [1.54, 1.807) is 24.3 Å². The maximum atomic E-state index is 12.8. The highest BCUT2D eigenvalue weighted by Crippen LogP contribution is 2.23. The number of carbonyl (C=O) groups is 3.